The number of halogens is 2. The predicted octanol–water partition coefficient (Wildman–Crippen LogP) is 2.82. The van der Waals surface area contributed by atoms with Gasteiger partial charge >= 0.3 is 0 Å². The number of hydrogen-bond acceptors (Lipinski definition) is 1. The summed E-state index contributed by atoms with van der Waals surface area (Å²) in [7, 11) is 0. The Bertz CT molecular complexity index is 345. The quantitative estimate of drug-likeness (QED) is 0.393. The Morgan fingerprint density at radius 1 is 1.38 bits per heavy atom. The van der Waals surface area contributed by atoms with Crippen LogP contribution in [-0.2, 0) is 6.42 Å². The molecule has 0 saturated heterocycles. The monoisotopic (exact) mass is 183 g/mol. The summed E-state index contributed by atoms with van der Waals surface area (Å²) < 4.78 is 25.3. The first-order chi connectivity index (χ1) is 6.24. The van der Waals surface area contributed by atoms with Gasteiger partial charge in [-0.3, -0.25) is 0 Å². The van der Waals surface area contributed by atoms with Crippen molar-refractivity contribution in [2.24, 2.45) is 5.11 Å². The van der Waals surface area contributed by atoms with E-state index in [0.29, 0.717) is 5.56 Å². The lowest BCUT2D eigenvalue weighted by Gasteiger charge is -1.99. The van der Waals surface area contributed by atoms with Gasteiger partial charge in [-0.25, -0.2) is 8.78 Å². The summed E-state index contributed by atoms with van der Waals surface area (Å²) in [5, 5.41) is 3.25. The molecule has 0 saturated carbocycles. The molecule has 0 fully saturated rings. The van der Waals surface area contributed by atoms with Crippen LogP contribution < -0.4 is 0 Å². The van der Waals surface area contributed by atoms with Crippen molar-refractivity contribution in [3.8, 4) is 0 Å². The molecule has 13 heavy (non-hydrogen) atoms. The zero-order chi connectivity index (χ0) is 9.68. The molecule has 0 aliphatic rings. The Balaban J connectivity index is 2.71. The molecule has 0 atom stereocenters. The molecule has 0 spiro atoms. The van der Waals surface area contributed by atoms with Crippen LogP contribution in [0.25, 0.3) is 10.4 Å². The Kier molecular flexibility index (Phi) is 3.23. The van der Waals surface area contributed by atoms with Crippen LogP contribution in [0.2, 0.25) is 0 Å². The molecule has 5 heteroatoms. The highest BCUT2D eigenvalue weighted by Crippen LogP contribution is 2.09. The highest BCUT2D eigenvalue weighted by Gasteiger charge is 2.01. The predicted molar refractivity (Wildman–Crippen MR) is 44.1 cm³/mol. The smallest absolute Gasteiger partial charge is 0.129 e. The van der Waals surface area contributed by atoms with Gasteiger partial charge in [0, 0.05) is 17.5 Å². The van der Waals surface area contributed by atoms with Crippen LogP contribution in [0.5, 0.6) is 0 Å². The van der Waals surface area contributed by atoms with E-state index < -0.39 is 11.6 Å². The van der Waals surface area contributed by atoms with Crippen LogP contribution in [0.1, 0.15) is 5.56 Å². The summed E-state index contributed by atoms with van der Waals surface area (Å²) in [6, 6.07) is 3.33. The fourth-order valence-corrected chi connectivity index (χ4v) is 0.940. The molecule has 68 valence electrons. The van der Waals surface area contributed by atoms with Gasteiger partial charge in [-0.05, 0) is 23.6 Å². The third-order valence-electron chi connectivity index (χ3n) is 1.56. The summed E-state index contributed by atoms with van der Waals surface area (Å²) in [4.78, 5) is 2.53. The molecule has 0 unspecified atom stereocenters. The average Bonchev–Trinajstić information content (AvgIpc) is 2.09. The minimum Gasteiger partial charge on any atom is -0.207 e. The van der Waals surface area contributed by atoms with Crippen molar-refractivity contribution in [2.75, 3.05) is 6.54 Å². The largest absolute Gasteiger partial charge is 0.207 e. The van der Waals surface area contributed by atoms with Crippen molar-refractivity contribution in [3.05, 3.63) is 45.8 Å². The summed E-state index contributed by atoms with van der Waals surface area (Å²) in [6.45, 7) is 0.180. The number of benzene rings is 1. The van der Waals surface area contributed by atoms with E-state index in [-0.39, 0.29) is 13.0 Å². The van der Waals surface area contributed by atoms with Crippen molar-refractivity contribution in [1.82, 2.24) is 0 Å². The maximum Gasteiger partial charge on any atom is 0.129 e. The Morgan fingerprint density at radius 3 is 2.77 bits per heavy atom. The number of nitrogens with zero attached hydrogens (tertiary/aromatic N) is 3. The molecule has 0 aliphatic carbocycles. The van der Waals surface area contributed by atoms with Gasteiger partial charge in [-0.15, -0.1) is 0 Å². The molecule has 0 heterocycles. The molecule has 0 aliphatic heterocycles. The highest BCUT2D eigenvalue weighted by atomic mass is 19.1. The standard InChI is InChI=1S/C8H7F2N3/c9-7-2-1-6(8(10)5-7)3-4-12-13-11/h1-2,5H,3-4H2. The van der Waals surface area contributed by atoms with Crippen molar-refractivity contribution in [1.29, 1.82) is 0 Å². The van der Waals surface area contributed by atoms with E-state index in [1.54, 1.807) is 0 Å². The third kappa shape index (κ3) is 2.72. The number of azide groups is 1. The van der Waals surface area contributed by atoms with Gasteiger partial charge in [0.15, 0.2) is 0 Å². The van der Waals surface area contributed by atoms with Crippen LogP contribution in [0, 0.1) is 11.6 Å². The lowest BCUT2D eigenvalue weighted by atomic mass is 10.1. The van der Waals surface area contributed by atoms with Gasteiger partial charge in [0.1, 0.15) is 11.6 Å². The van der Waals surface area contributed by atoms with E-state index in [2.05, 4.69) is 10.0 Å². The lowest BCUT2D eigenvalue weighted by molar-refractivity contribution is 0.572. The van der Waals surface area contributed by atoms with Crippen LogP contribution in [0.4, 0.5) is 8.78 Å². The van der Waals surface area contributed by atoms with E-state index in [0.717, 1.165) is 6.07 Å². The molecule has 0 aromatic heterocycles. The normalized spacial score (nSPS) is 9.38. The fraction of sp³-hybridized carbons (Fsp3) is 0.250. The molecular formula is C8H7F2N3. The molecule has 1 aromatic rings. The summed E-state index contributed by atoms with van der Waals surface area (Å²) in [6.07, 6.45) is 0.288. The van der Waals surface area contributed by atoms with Crippen molar-refractivity contribution in [3.63, 3.8) is 0 Å². The first kappa shape index (κ1) is 9.48. The van der Waals surface area contributed by atoms with Crippen LogP contribution >= 0.6 is 0 Å². The molecule has 1 rings (SSSR count). The van der Waals surface area contributed by atoms with Gasteiger partial charge in [0.2, 0.25) is 0 Å². The van der Waals surface area contributed by atoms with E-state index >= 15 is 0 Å². The van der Waals surface area contributed by atoms with E-state index in [1.807, 2.05) is 0 Å². The number of rotatable bonds is 3. The van der Waals surface area contributed by atoms with Gasteiger partial charge < -0.3 is 0 Å². The second kappa shape index (κ2) is 4.42. The van der Waals surface area contributed by atoms with Crippen molar-refractivity contribution in [2.45, 2.75) is 6.42 Å². The van der Waals surface area contributed by atoms with E-state index in [1.165, 1.54) is 12.1 Å². The fourth-order valence-electron chi connectivity index (χ4n) is 0.940. The average molecular weight is 183 g/mol. The second-order valence-electron chi connectivity index (χ2n) is 2.44. The van der Waals surface area contributed by atoms with E-state index in [9.17, 15) is 8.78 Å². The first-order valence-electron chi connectivity index (χ1n) is 3.69. The zero-order valence-corrected chi connectivity index (χ0v) is 6.74. The van der Waals surface area contributed by atoms with Gasteiger partial charge in [-0.1, -0.05) is 11.2 Å². The first-order valence-corrected chi connectivity index (χ1v) is 3.69. The number of hydrogen-bond donors (Lipinski definition) is 0. The Hall–Kier alpha value is -1.61. The van der Waals surface area contributed by atoms with Crippen molar-refractivity contribution < 1.29 is 8.78 Å². The van der Waals surface area contributed by atoms with Gasteiger partial charge in [0.05, 0.1) is 0 Å². The zero-order valence-electron chi connectivity index (χ0n) is 6.74. The lowest BCUT2D eigenvalue weighted by Crippen LogP contribution is -1.93. The summed E-state index contributed by atoms with van der Waals surface area (Å²) in [5.74, 6) is -1.21. The topological polar surface area (TPSA) is 48.8 Å². The summed E-state index contributed by atoms with van der Waals surface area (Å²) in [5.41, 5.74) is 8.32. The van der Waals surface area contributed by atoms with Gasteiger partial charge in [-0.2, -0.15) is 0 Å². The third-order valence-corrected chi connectivity index (χ3v) is 1.56. The molecule has 0 bridgehead atoms. The van der Waals surface area contributed by atoms with E-state index in [4.69, 9.17) is 5.53 Å². The second-order valence-corrected chi connectivity index (χ2v) is 2.44. The molecule has 0 radical (unpaired) electrons. The maximum absolute atomic E-state index is 12.9. The van der Waals surface area contributed by atoms with Crippen LogP contribution in [0.15, 0.2) is 23.3 Å². The SMILES string of the molecule is [N-]=[N+]=NCCc1ccc(F)cc1F. The van der Waals surface area contributed by atoms with Crippen LogP contribution in [-0.4, -0.2) is 6.54 Å². The molecule has 3 nitrogen and oxygen atoms in total. The van der Waals surface area contributed by atoms with Gasteiger partial charge in [0.25, 0.3) is 0 Å². The molecular weight excluding hydrogens is 176 g/mol. The molecule has 1 aromatic carbocycles. The summed E-state index contributed by atoms with van der Waals surface area (Å²) >= 11 is 0. The highest BCUT2D eigenvalue weighted by molar-refractivity contribution is 5.18. The van der Waals surface area contributed by atoms with Crippen molar-refractivity contribution >= 4 is 0 Å². The Labute approximate surface area is 73.6 Å². The minimum absolute atomic E-state index is 0.180. The maximum atomic E-state index is 12.9. The van der Waals surface area contributed by atoms with Crippen LogP contribution in [0.3, 0.4) is 0 Å². The molecule has 0 N–H and O–H groups in total. The molecule has 0 amide bonds. The minimum atomic E-state index is -0.606. The Morgan fingerprint density at radius 2 is 2.15 bits per heavy atom.